The maximum Gasteiger partial charge on any atom is 0.303 e. The van der Waals surface area contributed by atoms with Gasteiger partial charge in [0.1, 0.15) is 5.82 Å². The van der Waals surface area contributed by atoms with E-state index in [9.17, 15) is 9.90 Å². The van der Waals surface area contributed by atoms with Crippen molar-refractivity contribution in [1.29, 1.82) is 0 Å². The summed E-state index contributed by atoms with van der Waals surface area (Å²) in [5, 5.41) is 13.4. The predicted octanol–water partition coefficient (Wildman–Crippen LogP) is 4.77. The summed E-state index contributed by atoms with van der Waals surface area (Å²) in [5.74, 6) is 2.08. The van der Waals surface area contributed by atoms with Crippen LogP contribution in [0.15, 0.2) is 28.9 Å². The van der Waals surface area contributed by atoms with E-state index >= 15 is 0 Å². The highest BCUT2D eigenvalue weighted by atomic mass is 16.5. The molecule has 32 heavy (non-hydrogen) atoms. The van der Waals surface area contributed by atoms with Crippen LogP contribution in [0, 0.1) is 19.8 Å². The average molecular weight is 433 g/mol. The zero-order valence-electron chi connectivity index (χ0n) is 18.8. The van der Waals surface area contributed by atoms with Crippen molar-refractivity contribution >= 4 is 11.8 Å². The van der Waals surface area contributed by atoms with Gasteiger partial charge in [-0.2, -0.15) is 4.98 Å². The molecule has 0 saturated carbocycles. The molecule has 1 fully saturated rings. The topological polar surface area (TPSA) is 92.3 Å². The first kappa shape index (κ1) is 20.7. The first-order chi connectivity index (χ1) is 15.4. The Balaban J connectivity index is 1.41. The van der Waals surface area contributed by atoms with Crippen LogP contribution in [0.2, 0.25) is 0 Å². The van der Waals surface area contributed by atoms with E-state index in [0.29, 0.717) is 17.6 Å². The molecule has 1 N–H and O–H groups in total. The molecular formula is C25H28N4O3. The molecule has 2 aliphatic rings. The van der Waals surface area contributed by atoms with Gasteiger partial charge in [0, 0.05) is 24.8 Å². The quantitative estimate of drug-likeness (QED) is 0.621. The lowest BCUT2D eigenvalue weighted by molar-refractivity contribution is -0.137. The Morgan fingerprint density at radius 1 is 1.28 bits per heavy atom. The fourth-order valence-electron chi connectivity index (χ4n) is 5.22. The highest BCUT2D eigenvalue weighted by Gasteiger charge is 2.28. The SMILES string of the molecule is Cc1cc(-c2nc(-c3ccc4c(c3C)CCC4CC(=O)O)no2)cnc1N1CCC(C)C1. The van der Waals surface area contributed by atoms with E-state index in [2.05, 4.69) is 41.9 Å². The lowest BCUT2D eigenvalue weighted by Crippen LogP contribution is -2.21. The van der Waals surface area contributed by atoms with Crippen molar-refractivity contribution in [2.24, 2.45) is 5.92 Å². The first-order valence-electron chi connectivity index (χ1n) is 11.3. The van der Waals surface area contributed by atoms with Crippen molar-refractivity contribution in [3.63, 3.8) is 0 Å². The van der Waals surface area contributed by atoms with Gasteiger partial charge in [0.2, 0.25) is 5.82 Å². The number of carboxylic acids is 1. The molecule has 0 spiro atoms. The molecule has 0 bridgehead atoms. The number of aromatic nitrogens is 3. The molecule has 166 valence electrons. The Labute approximate surface area is 187 Å². The van der Waals surface area contributed by atoms with Crippen LogP contribution < -0.4 is 4.90 Å². The van der Waals surface area contributed by atoms with E-state index in [1.165, 1.54) is 12.0 Å². The van der Waals surface area contributed by atoms with Crippen molar-refractivity contribution in [2.45, 2.75) is 52.4 Å². The number of rotatable bonds is 5. The summed E-state index contributed by atoms with van der Waals surface area (Å²) in [5.41, 5.74) is 6.33. The van der Waals surface area contributed by atoms with Crippen molar-refractivity contribution in [2.75, 3.05) is 18.0 Å². The zero-order chi connectivity index (χ0) is 22.4. The number of anilines is 1. The maximum absolute atomic E-state index is 11.2. The van der Waals surface area contributed by atoms with Crippen molar-refractivity contribution in [3.8, 4) is 22.8 Å². The molecular weight excluding hydrogens is 404 g/mol. The molecule has 7 heteroatoms. The van der Waals surface area contributed by atoms with Crippen molar-refractivity contribution < 1.29 is 14.4 Å². The maximum atomic E-state index is 11.2. The van der Waals surface area contributed by atoms with Gasteiger partial charge in [0.05, 0.1) is 12.0 Å². The molecule has 2 aromatic heterocycles. The number of pyridine rings is 1. The van der Waals surface area contributed by atoms with Gasteiger partial charge in [-0.25, -0.2) is 4.98 Å². The minimum Gasteiger partial charge on any atom is -0.481 e. The summed E-state index contributed by atoms with van der Waals surface area (Å²) in [6, 6.07) is 6.09. The molecule has 1 aliphatic heterocycles. The lowest BCUT2D eigenvalue weighted by atomic mass is 9.93. The number of nitrogens with zero attached hydrogens (tertiary/aromatic N) is 4. The molecule has 2 unspecified atom stereocenters. The number of carboxylic acid groups (broad SMARTS) is 1. The van der Waals surface area contributed by atoms with Gasteiger partial charge in [0.15, 0.2) is 0 Å². The van der Waals surface area contributed by atoms with Crippen LogP contribution in [0.4, 0.5) is 5.82 Å². The van der Waals surface area contributed by atoms with E-state index in [1.807, 2.05) is 18.3 Å². The Morgan fingerprint density at radius 2 is 2.12 bits per heavy atom. The summed E-state index contributed by atoms with van der Waals surface area (Å²) in [7, 11) is 0. The smallest absolute Gasteiger partial charge is 0.303 e. The van der Waals surface area contributed by atoms with Gasteiger partial charge in [-0.3, -0.25) is 4.79 Å². The molecule has 0 radical (unpaired) electrons. The Kier molecular flexibility index (Phi) is 5.19. The molecule has 1 aliphatic carbocycles. The fourth-order valence-corrected chi connectivity index (χ4v) is 5.22. The van der Waals surface area contributed by atoms with E-state index in [1.54, 1.807) is 0 Å². The predicted molar refractivity (Wildman–Crippen MR) is 122 cm³/mol. The molecule has 5 rings (SSSR count). The van der Waals surface area contributed by atoms with Gasteiger partial charge in [-0.1, -0.05) is 24.2 Å². The van der Waals surface area contributed by atoms with Crippen LogP contribution in [-0.2, 0) is 11.2 Å². The molecule has 1 aromatic carbocycles. The molecule has 1 saturated heterocycles. The summed E-state index contributed by atoms with van der Waals surface area (Å²) in [6.45, 7) is 8.50. The third kappa shape index (κ3) is 3.66. The molecule has 0 amide bonds. The monoisotopic (exact) mass is 432 g/mol. The number of aliphatic carboxylic acids is 1. The third-order valence-electron chi connectivity index (χ3n) is 6.93. The van der Waals surface area contributed by atoms with E-state index in [-0.39, 0.29) is 12.3 Å². The van der Waals surface area contributed by atoms with Crippen LogP contribution in [0.25, 0.3) is 22.8 Å². The summed E-state index contributed by atoms with van der Waals surface area (Å²) < 4.78 is 5.60. The number of benzene rings is 1. The first-order valence-corrected chi connectivity index (χ1v) is 11.3. The van der Waals surface area contributed by atoms with Crippen LogP contribution in [-0.4, -0.2) is 39.3 Å². The Hall–Kier alpha value is -3.22. The van der Waals surface area contributed by atoms with E-state index < -0.39 is 5.97 Å². The van der Waals surface area contributed by atoms with Gasteiger partial charge < -0.3 is 14.5 Å². The number of fused-ring (bicyclic) bond motifs is 1. The summed E-state index contributed by atoms with van der Waals surface area (Å²) >= 11 is 0. The van der Waals surface area contributed by atoms with Crippen LogP contribution in [0.1, 0.15) is 54.4 Å². The van der Waals surface area contributed by atoms with Crippen LogP contribution >= 0.6 is 0 Å². The molecule has 3 aromatic rings. The van der Waals surface area contributed by atoms with Crippen LogP contribution in [0.3, 0.4) is 0 Å². The number of carbonyl (C=O) groups is 1. The summed E-state index contributed by atoms with van der Waals surface area (Å²) in [6.07, 6.45) is 4.95. The average Bonchev–Trinajstić information content (AvgIpc) is 3.49. The molecule has 7 nitrogen and oxygen atoms in total. The normalized spacial score (nSPS) is 20.0. The highest BCUT2D eigenvalue weighted by molar-refractivity contribution is 5.70. The standard InChI is InChI=1S/C25H28N4O3/c1-14-8-9-29(13-14)24-15(2)10-18(12-26-24)25-27-23(28-32-25)20-6-7-21-17(11-22(30)31)4-5-19(21)16(20)3/h6-7,10,12,14,17H,4-5,8-9,11,13H2,1-3H3,(H,30,31). The van der Waals surface area contributed by atoms with Gasteiger partial charge in [-0.15, -0.1) is 0 Å². The van der Waals surface area contributed by atoms with Crippen molar-refractivity contribution in [1.82, 2.24) is 15.1 Å². The van der Waals surface area contributed by atoms with Crippen molar-refractivity contribution in [3.05, 3.63) is 46.6 Å². The zero-order valence-corrected chi connectivity index (χ0v) is 18.8. The van der Waals surface area contributed by atoms with Gasteiger partial charge >= 0.3 is 5.97 Å². The Bertz CT molecular complexity index is 1190. The largest absolute Gasteiger partial charge is 0.481 e. The van der Waals surface area contributed by atoms with Gasteiger partial charge in [-0.05, 0) is 73.3 Å². The lowest BCUT2D eigenvalue weighted by Gasteiger charge is -2.19. The second-order valence-electron chi connectivity index (χ2n) is 9.27. The minimum atomic E-state index is -0.749. The second kappa shape index (κ2) is 8.04. The molecule has 3 heterocycles. The highest BCUT2D eigenvalue weighted by Crippen LogP contribution is 2.40. The van der Waals surface area contributed by atoms with Gasteiger partial charge in [0.25, 0.3) is 5.89 Å². The minimum absolute atomic E-state index is 0.0854. The molecule has 2 atom stereocenters. The van der Waals surface area contributed by atoms with E-state index in [0.717, 1.165) is 59.6 Å². The van der Waals surface area contributed by atoms with Crippen LogP contribution in [0.5, 0.6) is 0 Å². The Morgan fingerprint density at radius 3 is 2.84 bits per heavy atom. The summed E-state index contributed by atoms with van der Waals surface area (Å²) in [4.78, 5) is 22.9. The van der Waals surface area contributed by atoms with E-state index in [4.69, 9.17) is 9.51 Å². The second-order valence-corrected chi connectivity index (χ2v) is 9.27. The fraction of sp³-hybridized carbons (Fsp3) is 0.440. The third-order valence-corrected chi connectivity index (χ3v) is 6.93. The number of hydrogen-bond acceptors (Lipinski definition) is 6. The number of aryl methyl sites for hydroxylation is 1. The number of hydrogen-bond donors (Lipinski definition) is 1.